The van der Waals surface area contributed by atoms with E-state index >= 15 is 0 Å². The maximum Gasteiger partial charge on any atom is 0.343 e. The highest BCUT2D eigenvalue weighted by atomic mass is 28.3. The zero-order chi connectivity index (χ0) is 30.2. The number of benzene rings is 3. The maximum atomic E-state index is 12.7. The highest BCUT2D eigenvalue weighted by molar-refractivity contribution is 6.77. The zero-order valence-corrected chi connectivity index (χ0v) is 27.2. The van der Waals surface area contributed by atoms with Gasteiger partial charge in [0, 0.05) is 8.07 Å². The fourth-order valence-electron chi connectivity index (χ4n) is 5.10. The molecular formula is C36H50O5Si. The number of hydrogen-bond acceptors (Lipinski definition) is 5. The molecule has 0 aliphatic rings. The lowest BCUT2D eigenvalue weighted by atomic mass is 10.1. The van der Waals surface area contributed by atoms with Crippen LogP contribution >= 0.6 is 0 Å². The summed E-state index contributed by atoms with van der Waals surface area (Å²) in [6.45, 7) is 10.5. The lowest BCUT2D eigenvalue weighted by Gasteiger charge is -2.21. The van der Waals surface area contributed by atoms with Gasteiger partial charge in [0.15, 0.2) is 0 Å². The van der Waals surface area contributed by atoms with Gasteiger partial charge in [-0.05, 0) is 72.1 Å². The van der Waals surface area contributed by atoms with Gasteiger partial charge in [0.05, 0.1) is 24.3 Å². The Bertz CT molecular complexity index is 1250. The van der Waals surface area contributed by atoms with E-state index in [0.29, 0.717) is 30.1 Å². The predicted molar refractivity (Wildman–Crippen MR) is 176 cm³/mol. The fraction of sp³-hybridized carbons (Fsp3) is 0.500. The van der Waals surface area contributed by atoms with Gasteiger partial charge in [-0.2, -0.15) is 0 Å². The molecule has 0 fully saturated rings. The van der Waals surface area contributed by atoms with Gasteiger partial charge in [-0.3, -0.25) is 0 Å². The second-order valence-electron chi connectivity index (χ2n) is 12.1. The Hall–Kier alpha value is -3.12. The Morgan fingerprint density at radius 1 is 0.595 bits per heavy atom. The molecule has 3 aromatic carbocycles. The third kappa shape index (κ3) is 11.6. The SMILES string of the molecule is CCCCCCCCCOc1ccc(C(=O)Oc2ccc3cc(C(=O)OCCC[Si](C)(C)CCCC)ccc3c2)cc1. The molecule has 0 heterocycles. The van der Waals surface area contributed by atoms with E-state index in [1.165, 1.54) is 63.5 Å². The van der Waals surface area contributed by atoms with Crippen molar-refractivity contribution in [1.29, 1.82) is 0 Å². The van der Waals surface area contributed by atoms with E-state index in [1.807, 2.05) is 36.4 Å². The van der Waals surface area contributed by atoms with Crippen LogP contribution in [0.4, 0.5) is 0 Å². The molecule has 0 radical (unpaired) electrons. The van der Waals surface area contributed by atoms with E-state index in [2.05, 4.69) is 26.9 Å². The molecule has 0 bridgehead atoms. The van der Waals surface area contributed by atoms with Crippen LogP contribution in [-0.2, 0) is 4.74 Å². The maximum absolute atomic E-state index is 12.7. The average molecular weight is 591 g/mol. The zero-order valence-electron chi connectivity index (χ0n) is 26.2. The van der Waals surface area contributed by atoms with Gasteiger partial charge >= 0.3 is 11.9 Å². The molecule has 0 aliphatic carbocycles. The fourth-order valence-corrected chi connectivity index (χ4v) is 7.76. The van der Waals surface area contributed by atoms with Crippen molar-refractivity contribution in [2.45, 2.75) is 103 Å². The Balaban J connectivity index is 1.44. The summed E-state index contributed by atoms with van der Waals surface area (Å²) in [5.74, 6) is 0.497. The normalized spacial score (nSPS) is 11.4. The third-order valence-electron chi connectivity index (χ3n) is 7.80. The van der Waals surface area contributed by atoms with E-state index < -0.39 is 14.0 Å². The van der Waals surface area contributed by atoms with Crippen LogP contribution in [0.1, 0.15) is 98.8 Å². The first-order chi connectivity index (χ1) is 20.3. The van der Waals surface area contributed by atoms with Crippen LogP contribution in [0.25, 0.3) is 10.8 Å². The molecule has 0 atom stereocenters. The molecule has 0 saturated carbocycles. The topological polar surface area (TPSA) is 61.8 Å². The highest BCUT2D eigenvalue weighted by Crippen LogP contribution is 2.24. The minimum absolute atomic E-state index is 0.296. The van der Waals surface area contributed by atoms with Crippen molar-refractivity contribution < 1.29 is 23.8 Å². The second kappa shape index (κ2) is 17.7. The standard InChI is InChI=1S/C36H50O5Si/c1-5-7-9-10-11-12-13-23-39-33-20-17-29(18-21-33)36(38)41-34-22-19-30-27-32(16-15-31(30)28-34)35(37)40-24-14-26-42(3,4)25-8-6-2/h15-22,27-28H,5-14,23-26H2,1-4H3. The molecule has 0 amide bonds. The van der Waals surface area contributed by atoms with Crippen LogP contribution in [0, 0.1) is 0 Å². The molecule has 0 aromatic heterocycles. The number of fused-ring (bicyclic) bond motifs is 1. The largest absolute Gasteiger partial charge is 0.494 e. The number of unbranched alkanes of at least 4 members (excludes halogenated alkanes) is 7. The average Bonchev–Trinajstić information content (AvgIpc) is 2.99. The number of rotatable bonds is 19. The summed E-state index contributed by atoms with van der Waals surface area (Å²) in [5.41, 5.74) is 0.997. The molecule has 228 valence electrons. The van der Waals surface area contributed by atoms with Crippen LogP contribution in [0.5, 0.6) is 11.5 Å². The molecule has 0 N–H and O–H groups in total. The van der Waals surface area contributed by atoms with Crippen LogP contribution < -0.4 is 9.47 Å². The Kier molecular flexibility index (Phi) is 14.1. The van der Waals surface area contributed by atoms with E-state index in [-0.39, 0.29) is 5.97 Å². The van der Waals surface area contributed by atoms with Crippen molar-refractivity contribution in [3.8, 4) is 11.5 Å². The van der Waals surface area contributed by atoms with E-state index in [9.17, 15) is 9.59 Å². The number of esters is 2. The molecule has 3 aromatic rings. The van der Waals surface area contributed by atoms with Crippen LogP contribution in [0.2, 0.25) is 25.2 Å². The number of hydrogen-bond donors (Lipinski definition) is 0. The van der Waals surface area contributed by atoms with Crippen LogP contribution in [-0.4, -0.2) is 33.2 Å². The minimum Gasteiger partial charge on any atom is -0.494 e. The lowest BCUT2D eigenvalue weighted by molar-refractivity contribution is 0.0504. The number of ether oxygens (including phenoxy) is 3. The summed E-state index contributed by atoms with van der Waals surface area (Å²) in [5, 5.41) is 1.77. The van der Waals surface area contributed by atoms with Gasteiger partial charge in [-0.25, -0.2) is 9.59 Å². The van der Waals surface area contributed by atoms with E-state index in [1.54, 1.807) is 24.3 Å². The Morgan fingerprint density at radius 3 is 1.93 bits per heavy atom. The van der Waals surface area contributed by atoms with Gasteiger partial charge in [0.2, 0.25) is 0 Å². The molecule has 0 spiro atoms. The minimum atomic E-state index is -1.20. The number of carbonyl (C=O) groups is 2. The summed E-state index contributed by atoms with van der Waals surface area (Å²) in [6, 6.07) is 20.5. The van der Waals surface area contributed by atoms with Crippen molar-refractivity contribution in [2.24, 2.45) is 0 Å². The molecular weight excluding hydrogens is 540 g/mol. The van der Waals surface area contributed by atoms with Gasteiger partial charge in [0.25, 0.3) is 0 Å². The summed E-state index contributed by atoms with van der Waals surface area (Å²) >= 11 is 0. The summed E-state index contributed by atoms with van der Waals surface area (Å²) in [6.07, 6.45) is 12.2. The first-order valence-electron chi connectivity index (χ1n) is 16.0. The highest BCUT2D eigenvalue weighted by Gasteiger charge is 2.19. The summed E-state index contributed by atoms with van der Waals surface area (Å²) in [4.78, 5) is 25.3. The van der Waals surface area contributed by atoms with Crippen molar-refractivity contribution in [2.75, 3.05) is 13.2 Å². The predicted octanol–water partition coefficient (Wildman–Crippen LogP) is 10.2. The van der Waals surface area contributed by atoms with Crippen molar-refractivity contribution in [1.82, 2.24) is 0 Å². The quantitative estimate of drug-likeness (QED) is 0.0601. The lowest BCUT2D eigenvalue weighted by Crippen LogP contribution is -2.25. The first kappa shape index (κ1) is 33.4. The van der Waals surface area contributed by atoms with Gasteiger partial charge in [0.1, 0.15) is 11.5 Å². The summed E-state index contributed by atoms with van der Waals surface area (Å²) in [7, 11) is -1.20. The molecule has 0 unspecified atom stereocenters. The second-order valence-corrected chi connectivity index (χ2v) is 17.4. The molecule has 0 aliphatic heterocycles. The van der Waals surface area contributed by atoms with Gasteiger partial charge in [-0.15, -0.1) is 0 Å². The molecule has 3 rings (SSSR count). The molecule has 0 saturated heterocycles. The van der Waals surface area contributed by atoms with Gasteiger partial charge < -0.3 is 14.2 Å². The van der Waals surface area contributed by atoms with Crippen LogP contribution in [0.15, 0.2) is 60.7 Å². The van der Waals surface area contributed by atoms with E-state index in [4.69, 9.17) is 14.2 Å². The monoisotopic (exact) mass is 590 g/mol. The Labute approximate surface area is 254 Å². The summed E-state index contributed by atoms with van der Waals surface area (Å²) < 4.78 is 17.0. The number of carbonyl (C=O) groups excluding carboxylic acids is 2. The third-order valence-corrected chi connectivity index (χ3v) is 11.2. The molecule has 6 heteroatoms. The first-order valence-corrected chi connectivity index (χ1v) is 19.4. The van der Waals surface area contributed by atoms with Crippen molar-refractivity contribution in [3.63, 3.8) is 0 Å². The Morgan fingerprint density at radius 2 is 1.19 bits per heavy atom. The van der Waals surface area contributed by atoms with Gasteiger partial charge in [-0.1, -0.05) is 103 Å². The van der Waals surface area contributed by atoms with Crippen molar-refractivity contribution >= 4 is 30.8 Å². The van der Waals surface area contributed by atoms with Crippen molar-refractivity contribution in [3.05, 3.63) is 71.8 Å². The smallest absolute Gasteiger partial charge is 0.343 e. The molecule has 5 nitrogen and oxygen atoms in total. The molecule has 42 heavy (non-hydrogen) atoms. The van der Waals surface area contributed by atoms with Crippen LogP contribution in [0.3, 0.4) is 0 Å². The van der Waals surface area contributed by atoms with E-state index in [0.717, 1.165) is 29.4 Å².